The molecule has 1 aromatic heterocycles. The van der Waals surface area contributed by atoms with Crippen molar-refractivity contribution in [2.45, 2.75) is 45.1 Å². The molecule has 1 atom stereocenters. The van der Waals surface area contributed by atoms with Gasteiger partial charge < -0.3 is 9.47 Å². The molecule has 0 radical (unpaired) electrons. The number of sulfone groups is 1. The predicted octanol–water partition coefficient (Wildman–Crippen LogP) is 1.98. The van der Waals surface area contributed by atoms with Crippen LogP contribution in [0, 0.1) is 0 Å². The molecule has 12 heteroatoms. The van der Waals surface area contributed by atoms with Crippen molar-refractivity contribution < 1.29 is 35.9 Å². The van der Waals surface area contributed by atoms with Crippen molar-refractivity contribution in [1.82, 2.24) is 14.7 Å². The van der Waals surface area contributed by atoms with E-state index in [4.69, 9.17) is 9.47 Å². The summed E-state index contributed by atoms with van der Waals surface area (Å²) < 4.78 is 75.0. The molecule has 0 aromatic carbocycles. The fourth-order valence-corrected chi connectivity index (χ4v) is 3.66. The Hall–Kier alpha value is -1.98. The lowest BCUT2D eigenvalue weighted by Crippen LogP contribution is -2.47. The van der Waals surface area contributed by atoms with Gasteiger partial charge in [-0.2, -0.15) is 18.3 Å². The van der Waals surface area contributed by atoms with Crippen molar-refractivity contribution in [2.24, 2.45) is 7.05 Å². The number of alkyl halides is 3. The van der Waals surface area contributed by atoms with Gasteiger partial charge in [-0.05, 0) is 20.8 Å². The van der Waals surface area contributed by atoms with E-state index in [0.717, 1.165) is 15.8 Å². The number of aromatic nitrogens is 2. The molecule has 0 N–H and O–H groups in total. The number of hydrogen-bond acceptors (Lipinski definition) is 6. The van der Waals surface area contributed by atoms with E-state index in [0.29, 0.717) is 0 Å². The first kappa shape index (κ1) is 21.3. The Labute approximate surface area is 155 Å². The van der Waals surface area contributed by atoms with Gasteiger partial charge in [-0.1, -0.05) is 0 Å². The standard InChI is InChI=1S/C15H22F3N3O5S/c1-14(2,3)26-13(22)21-6-10-11(15(16,17)18)19-20(4)12(10)25-7-9(21)8-27(5,23)24/h9H,6-8H2,1-5H3. The summed E-state index contributed by atoms with van der Waals surface area (Å²) in [5.41, 5.74) is -2.44. The van der Waals surface area contributed by atoms with Crippen molar-refractivity contribution in [3.63, 3.8) is 0 Å². The van der Waals surface area contributed by atoms with Gasteiger partial charge in [-0.25, -0.2) is 17.9 Å². The highest BCUT2D eigenvalue weighted by molar-refractivity contribution is 7.90. The van der Waals surface area contributed by atoms with Crippen LogP contribution in [0.3, 0.4) is 0 Å². The lowest BCUT2D eigenvalue weighted by Gasteiger charge is -2.31. The van der Waals surface area contributed by atoms with E-state index in [1.54, 1.807) is 20.8 Å². The molecule has 1 aliphatic rings. The summed E-state index contributed by atoms with van der Waals surface area (Å²) in [6, 6.07) is -1.01. The third-order valence-corrected chi connectivity index (χ3v) is 4.65. The van der Waals surface area contributed by atoms with Crippen LogP contribution in [-0.2, 0) is 34.3 Å². The van der Waals surface area contributed by atoms with E-state index < -0.39 is 51.7 Å². The first-order chi connectivity index (χ1) is 12.1. The molecule has 2 rings (SSSR count). The molecule has 0 saturated heterocycles. The summed E-state index contributed by atoms with van der Waals surface area (Å²) in [7, 11) is -2.26. The molecule has 0 spiro atoms. The van der Waals surface area contributed by atoms with Crippen LogP contribution in [0.4, 0.5) is 18.0 Å². The SMILES string of the molecule is Cn1nc(C(F)(F)F)c2c1OCC(CS(C)(=O)=O)N(C(=O)OC(C)(C)C)C2. The minimum Gasteiger partial charge on any atom is -0.475 e. The van der Waals surface area contributed by atoms with E-state index in [9.17, 15) is 26.4 Å². The van der Waals surface area contributed by atoms with Crippen LogP contribution < -0.4 is 4.74 Å². The molecule has 0 saturated carbocycles. The zero-order valence-electron chi connectivity index (χ0n) is 15.6. The van der Waals surface area contributed by atoms with Gasteiger partial charge in [0.05, 0.1) is 23.9 Å². The Balaban J connectivity index is 2.49. The Morgan fingerprint density at radius 3 is 2.41 bits per heavy atom. The van der Waals surface area contributed by atoms with Crippen LogP contribution >= 0.6 is 0 Å². The van der Waals surface area contributed by atoms with Crippen LogP contribution in [0.25, 0.3) is 0 Å². The van der Waals surface area contributed by atoms with Crippen LogP contribution in [0.5, 0.6) is 5.88 Å². The first-order valence-corrected chi connectivity index (χ1v) is 10.1. The molecule has 1 aliphatic heterocycles. The van der Waals surface area contributed by atoms with Gasteiger partial charge in [-0.15, -0.1) is 0 Å². The van der Waals surface area contributed by atoms with E-state index in [2.05, 4.69) is 5.10 Å². The zero-order valence-corrected chi connectivity index (χ0v) is 16.4. The third-order valence-electron chi connectivity index (χ3n) is 3.66. The number of ether oxygens (including phenoxy) is 2. The normalized spacial score (nSPS) is 18.5. The Bertz CT molecular complexity index is 827. The second-order valence-corrected chi connectivity index (χ2v) is 9.60. The van der Waals surface area contributed by atoms with E-state index in [1.807, 2.05) is 0 Å². The third kappa shape index (κ3) is 5.27. The minimum atomic E-state index is -4.76. The fourth-order valence-electron chi connectivity index (χ4n) is 2.69. The predicted molar refractivity (Wildman–Crippen MR) is 89.0 cm³/mol. The van der Waals surface area contributed by atoms with Crippen molar-refractivity contribution in [2.75, 3.05) is 18.6 Å². The number of fused-ring (bicyclic) bond motifs is 1. The van der Waals surface area contributed by atoms with Crippen molar-refractivity contribution in [1.29, 1.82) is 0 Å². The summed E-state index contributed by atoms with van der Waals surface area (Å²) in [6.45, 7) is 3.95. The summed E-state index contributed by atoms with van der Waals surface area (Å²) in [4.78, 5) is 13.5. The highest BCUT2D eigenvalue weighted by Gasteiger charge is 2.43. The minimum absolute atomic E-state index is 0.160. The molecule has 1 amide bonds. The maximum Gasteiger partial charge on any atom is 0.435 e. The molecule has 0 fully saturated rings. The summed E-state index contributed by atoms with van der Waals surface area (Å²) >= 11 is 0. The summed E-state index contributed by atoms with van der Waals surface area (Å²) in [5.74, 6) is -0.637. The van der Waals surface area contributed by atoms with Crippen LogP contribution in [-0.4, -0.2) is 59.4 Å². The number of aryl methyl sites for hydroxylation is 1. The van der Waals surface area contributed by atoms with Gasteiger partial charge in [0.1, 0.15) is 22.0 Å². The van der Waals surface area contributed by atoms with Gasteiger partial charge in [0.25, 0.3) is 0 Å². The molecular formula is C15H22F3N3O5S. The number of hydrogen-bond donors (Lipinski definition) is 0. The number of nitrogens with zero attached hydrogens (tertiary/aromatic N) is 3. The molecular weight excluding hydrogens is 391 g/mol. The first-order valence-electron chi connectivity index (χ1n) is 8.01. The maximum atomic E-state index is 13.3. The highest BCUT2D eigenvalue weighted by atomic mass is 32.2. The molecule has 0 aliphatic carbocycles. The molecule has 27 heavy (non-hydrogen) atoms. The van der Waals surface area contributed by atoms with Crippen molar-refractivity contribution in [3.8, 4) is 5.88 Å². The lowest BCUT2D eigenvalue weighted by atomic mass is 10.2. The van der Waals surface area contributed by atoms with Crippen molar-refractivity contribution in [3.05, 3.63) is 11.3 Å². The monoisotopic (exact) mass is 413 g/mol. The van der Waals surface area contributed by atoms with Gasteiger partial charge >= 0.3 is 12.3 Å². The Kier molecular flexibility index (Phi) is 5.43. The van der Waals surface area contributed by atoms with Crippen molar-refractivity contribution >= 4 is 15.9 Å². The topological polar surface area (TPSA) is 90.7 Å². The van der Waals surface area contributed by atoms with Crippen LogP contribution in [0.2, 0.25) is 0 Å². The lowest BCUT2D eigenvalue weighted by molar-refractivity contribution is -0.142. The van der Waals surface area contributed by atoms with E-state index >= 15 is 0 Å². The smallest absolute Gasteiger partial charge is 0.435 e. The number of carbonyl (C=O) groups is 1. The average molecular weight is 413 g/mol. The fraction of sp³-hybridized carbons (Fsp3) is 0.733. The highest BCUT2D eigenvalue weighted by Crippen LogP contribution is 2.38. The van der Waals surface area contributed by atoms with Crippen LogP contribution in [0.1, 0.15) is 32.0 Å². The van der Waals surface area contributed by atoms with E-state index in [1.165, 1.54) is 7.05 Å². The van der Waals surface area contributed by atoms with Crippen LogP contribution in [0.15, 0.2) is 0 Å². The number of rotatable bonds is 2. The van der Waals surface area contributed by atoms with Gasteiger partial charge in [-0.3, -0.25) is 4.90 Å². The Morgan fingerprint density at radius 2 is 1.93 bits per heavy atom. The zero-order chi connectivity index (χ0) is 20.8. The average Bonchev–Trinajstić information content (AvgIpc) is 2.62. The summed E-state index contributed by atoms with van der Waals surface area (Å²) in [6.07, 6.45) is -4.71. The molecule has 1 unspecified atom stereocenters. The quantitative estimate of drug-likeness (QED) is 0.737. The molecule has 2 heterocycles. The Morgan fingerprint density at radius 1 is 1.33 bits per heavy atom. The second kappa shape index (κ2) is 6.88. The molecule has 0 bridgehead atoms. The van der Waals surface area contributed by atoms with Gasteiger partial charge in [0.15, 0.2) is 5.69 Å². The molecule has 1 aromatic rings. The second-order valence-electron chi connectivity index (χ2n) is 7.42. The molecule has 8 nitrogen and oxygen atoms in total. The number of halogens is 3. The number of amides is 1. The van der Waals surface area contributed by atoms with Gasteiger partial charge in [0.2, 0.25) is 5.88 Å². The van der Waals surface area contributed by atoms with Gasteiger partial charge in [0, 0.05) is 13.3 Å². The molecule has 154 valence electrons. The largest absolute Gasteiger partial charge is 0.475 e. The summed E-state index contributed by atoms with van der Waals surface area (Å²) in [5, 5.41) is 3.44. The number of carbonyl (C=O) groups excluding carboxylic acids is 1. The van der Waals surface area contributed by atoms with E-state index in [-0.39, 0.29) is 18.1 Å². The maximum absolute atomic E-state index is 13.3.